The van der Waals surface area contributed by atoms with Gasteiger partial charge in [-0.15, -0.1) is 0 Å². The second kappa shape index (κ2) is 13.3. The molecule has 0 bridgehead atoms. The van der Waals surface area contributed by atoms with Gasteiger partial charge in [-0.1, -0.05) is 37.6 Å². The maximum absolute atomic E-state index is 10.3. The molecule has 0 unspecified atom stereocenters. The van der Waals surface area contributed by atoms with Gasteiger partial charge in [0.15, 0.2) is 0 Å². The van der Waals surface area contributed by atoms with E-state index in [1.54, 1.807) is 0 Å². The summed E-state index contributed by atoms with van der Waals surface area (Å²) >= 11 is 0. The fourth-order valence-corrected chi connectivity index (χ4v) is 6.59. The third-order valence-electron chi connectivity index (χ3n) is 8.70. The van der Waals surface area contributed by atoms with Crippen LogP contribution in [-0.4, -0.2) is 23.4 Å². The molecule has 2 N–H and O–H groups in total. The summed E-state index contributed by atoms with van der Waals surface area (Å²) in [5, 5.41) is 19.7. The number of ether oxygens (including phenoxy) is 1. The number of hydrogen-bond donors (Lipinski definition) is 2. The molecule has 3 heteroatoms. The first-order valence-corrected chi connectivity index (χ1v) is 14.4. The zero-order chi connectivity index (χ0) is 25.3. The van der Waals surface area contributed by atoms with Crippen molar-refractivity contribution in [3.63, 3.8) is 0 Å². The first-order chi connectivity index (χ1) is 17.6. The van der Waals surface area contributed by atoms with Crippen molar-refractivity contribution in [2.24, 2.45) is 23.7 Å². The van der Waals surface area contributed by atoms with Crippen LogP contribution in [0.2, 0.25) is 0 Å². The van der Waals surface area contributed by atoms with E-state index < -0.39 is 0 Å². The maximum atomic E-state index is 10.3. The minimum atomic E-state index is 0.0342. The van der Waals surface area contributed by atoms with Gasteiger partial charge in [-0.25, -0.2) is 0 Å². The number of phenols is 1. The molecule has 0 amide bonds. The number of aliphatic hydroxyl groups excluding tert-OH is 1. The van der Waals surface area contributed by atoms with E-state index >= 15 is 0 Å². The summed E-state index contributed by atoms with van der Waals surface area (Å²) in [6.45, 7) is 5.16. The van der Waals surface area contributed by atoms with E-state index in [0.29, 0.717) is 12.3 Å². The van der Waals surface area contributed by atoms with Crippen molar-refractivity contribution < 1.29 is 14.9 Å². The standard InChI is InChI=1S/C33H46O3/c1-3-5-24-7-11-26(12-8-24)27-13-9-25(10-14-27)23-36-31-17-15-28(16-18-31)32-21-30(19-20-34)33(35)22-29(32)6-4-2/h3,5,15-18,21-22,24-27,34-35H,4,6-14,19-20,23H2,1-2H3/b5-3+. The maximum Gasteiger partial charge on any atom is 0.119 e. The van der Waals surface area contributed by atoms with Crippen molar-refractivity contribution in [2.75, 3.05) is 13.2 Å². The fraction of sp³-hybridized carbons (Fsp3) is 0.576. The number of aryl methyl sites for hydroxylation is 1. The van der Waals surface area contributed by atoms with Crippen LogP contribution in [0.15, 0.2) is 48.6 Å². The summed E-state index contributed by atoms with van der Waals surface area (Å²) in [4.78, 5) is 0. The number of aromatic hydroxyl groups is 1. The Morgan fingerprint density at radius 3 is 2.14 bits per heavy atom. The molecule has 2 aliphatic carbocycles. The van der Waals surface area contributed by atoms with Gasteiger partial charge in [0.1, 0.15) is 11.5 Å². The lowest BCUT2D eigenvalue weighted by molar-refractivity contribution is 0.129. The van der Waals surface area contributed by atoms with Crippen molar-refractivity contribution in [1.29, 1.82) is 0 Å². The van der Waals surface area contributed by atoms with Gasteiger partial charge in [0.25, 0.3) is 0 Å². The highest BCUT2D eigenvalue weighted by Gasteiger charge is 2.30. The van der Waals surface area contributed by atoms with E-state index in [2.05, 4.69) is 50.3 Å². The largest absolute Gasteiger partial charge is 0.508 e. The van der Waals surface area contributed by atoms with Crippen LogP contribution in [0.1, 0.15) is 82.8 Å². The molecule has 0 saturated heterocycles. The molecular weight excluding hydrogens is 444 g/mol. The van der Waals surface area contributed by atoms with E-state index in [-0.39, 0.29) is 12.4 Å². The van der Waals surface area contributed by atoms with Gasteiger partial charge in [0.2, 0.25) is 0 Å². The zero-order valence-corrected chi connectivity index (χ0v) is 22.4. The molecule has 2 aromatic carbocycles. The molecule has 196 valence electrons. The second-order valence-electron chi connectivity index (χ2n) is 11.2. The summed E-state index contributed by atoms with van der Waals surface area (Å²) < 4.78 is 6.24. The summed E-state index contributed by atoms with van der Waals surface area (Å²) in [6.07, 6.45) is 18.0. The van der Waals surface area contributed by atoms with Gasteiger partial charge in [-0.05, 0) is 141 Å². The highest BCUT2D eigenvalue weighted by atomic mass is 16.5. The van der Waals surface area contributed by atoms with Crippen LogP contribution in [0.25, 0.3) is 11.1 Å². The van der Waals surface area contributed by atoms with E-state index in [4.69, 9.17) is 4.74 Å². The normalized spacial score (nSPS) is 24.8. The quantitative estimate of drug-likeness (QED) is 0.331. The molecule has 0 heterocycles. The predicted octanol–water partition coefficient (Wildman–Crippen LogP) is 8.11. The Labute approximate surface area is 218 Å². The third kappa shape index (κ3) is 6.94. The summed E-state index contributed by atoms with van der Waals surface area (Å²) in [6, 6.07) is 12.3. The van der Waals surface area contributed by atoms with Crippen LogP contribution >= 0.6 is 0 Å². The number of benzene rings is 2. The third-order valence-corrected chi connectivity index (χ3v) is 8.70. The minimum Gasteiger partial charge on any atom is -0.508 e. The topological polar surface area (TPSA) is 49.7 Å². The molecule has 36 heavy (non-hydrogen) atoms. The van der Waals surface area contributed by atoms with Crippen LogP contribution in [0.4, 0.5) is 0 Å². The highest BCUT2D eigenvalue weighted by Crippen LogP contribution is 2.42. The average Bonchev–Trinajstić information content (AvgIpc) is 2.91. The van der Waals surface area contributed by atoms with E-state index in [9.17, 15) is 10.2 Å². The first-order valence-electron chi connectivity index (χ1n) is 14.4. The smallest absolute Gasteiger partial charge is 0.119 e. The number of phenolic OH excluding ortho intramolecular Hbond substituents is 1. The van der Waals surface area contributed by atoms with Crippen molar-refractivity contribution in [3.05, 3.63) is 59.7 Å². The molecule has 2 fully saturated rings. The molecular formula is C33H46O3. The minimum absolute atomic E-state index is 0.0342. The number of aliphatic hydroxyl groups is 1. The second-order valence-corrected chi connectivity index (χ2v) is 11.2. The van der Waals surface area contributed by atoms with Gasteiger partial charge in [0.05, 0.1) is 6.61 Å². The fourth-order valence-electron chi connectivity index (χ4n) is 6.59. The Hall–Kier alpha value is -2.26. The average molecular weight is 491 g/mol. The Kier molecular flexibility index (Phi) is 9.92. The van der Waals surface area contributed by atoms with Crippen LogP contribution in [0.5, 0.6) is 11.5 Å². The number of allylic oxidation sites excluding steroid dienone is 2. The molecule has 0 aliphatic heterocycles. The molecule has 0 atom stereocenters. The molecule has 4 rings (SSSR count). The lowest BCUT2D eigenvalue weighted by Gasteiger charge is -2.37. The SMILES string of the molecule is C/C=C/C1CCC(C2CCC(COc3ccc(-c4cc(CCO)c(O)cc4CCC)cc3)CC2)CC1. The van der Waals surface area contributed by atoms with Gasteiger partial charge in [-0.3, -0.25) is 0 Å². The van der Waals surface area contributed by atoms with Crippen molar-refractivity contribution in [1.82, 2.24) is 0 Å². The summed E-state index contributed by atoms with van der Waals surface area (Å²) in [5.74, 6) is 4.62. The Morgan fingerprint density at radius 2 is 1.53 bits per heavy atom. The van der Waals surface area contributed by atoms with Gasteiger partial charge in [-0.2, -0.15) is 0 Å². The number of hydrogen-bond acceptors (Lipinski definition) is 3. The molecule has 0 radical (unpaired) electrons. The first kappa shape index (κ1) is 26.8. The summed E-state index contributed by atoms with van der Waals surface area (Å²) in [5.41, 5.74) is 4.23. The van der Waals surface area contributed by atoms with Crippen LogP contribution < -0.4 is 4.74 Å². The molecule has 0 aromatic heterocycles. The number of rotatable bonds is 10. The Bertz CT molecular complexity index is 961. The molecule has 2 saturated carbocycles. The van der Waals surface area contributed by atoms with Gasteiger partial charge < -0.3 is 14.9 Å². The zero-order valence-electron chi connectivity index (χ0n) is 22.4. The molecule has 0 spiro atoms. The monoisotopic (exact) mass is 490 g/mol. The van der Waals surface area contributed by atoms with Crippen molar-refractivity contribution in [2.45, 2.75) is 84.5 Å². The van der Waals surface area contributed by atoms with Crippen molar-refractivity contribution >= 4 is 0 Å². The van der Waals surface area contributed by atoms with Gasteiger partial charge in [0, 0.05) is 6.61 Å². The summed E-state index contributed by atoms with van der Waals surface area (Å²) in [7, 11) is 0. The van der Waals surface area contributed by atoms with E-state index in [0.717, 1.165) is 65.2 Å². The predicted molar refractivity (Wildman–Crippen MR) is 150 cm³/mol. The highest BCUT2D eigenvalue weighted by molar-refractivity contribution is 5.70. The molecule has 3 nitrogen and oxygen atoms in total. The molecule has 2 aromatic rings. The Balaban J connectivity index is 1.29. The Morgan fingerprint density at radius 1 is 0.861 bits per heavy atom. The van der Waals surface area contributed by atoms with Gasteiger partial charge >= 0.3 is 0 Å². The van der Waals surface area contributed by atoms with E-state index in [1.807, 2.05) is 12.1 Å². The molecule has 2 aliphatic rings. The van der Waals surface area contributed by atoms with Crippen LogP contribution in [0.3, 0.4) is 0 Å². The van der Waals surface area contributed by atoms with Crippen LogP contribution in [0, 0.1) is 23.7 Å². The van der Waals surface area contributed by atoms with Crippen molar-refractivity contribution in [3.8, 4) is 22.6 Å². The lowest BCUT2D eigenvalue weighted by Crippen LogP contribution is -2.27. The van der Waals surface area contributed by atoms with E-state index in [1.165, 1.54) is 51.4 Å². The lowest BCUT2D eigenvalue weighted by atomic mass is 9.69. The van der Waals surface area contributed by atoms with Crippen LogP contribution in [-0.2, 0) is 12.8 Å².